The number of non-ortho nitro benzene ring substituents is 1. The molecule has 0 spiro atoms. The highest BCUT2D eigenvalue weighted by Crippen LogP contribution is 2.18. The summed E-state index contributed by atoms with van der Waals surface area (Å²) in [7, 11) is 0. The first kappa shape index (κ1) is 18.6. The number of hydrogen-bond acceptors (Lipinski definition) is 7. The summed E-state index contributed by atoms with van der Waals surface area (Å²) >= 11 is 0. The number of allylic oxidation sites excluding steroid dienone is 4. The topological polar surface area (TPSA) is 109 Å². The zero-order valence-electron chi connectivity index (χ0n) is 13.8. The molecule has 1 aromatic heterocycles. The molecule has 2 rings (SSSR count). The Bertz CT molecular complexity index is 839. The monoisotopic (exact) mass is 356 g/mol. The molecule has 134 valence electrons. The van der Waals surface area contributed by atoms with Gasteiger partial charge in [0.15, 0.2) is 0 Å². The summed E-state index contributed by atoms with van der Waals surface area (Å²) in [5.41, 5.74) is 1.31. The van der Waals surface area contributed by atoms with Crippen LogP contribution in [0.5, 0.6) is 5.75 Å². The molecule has 1 heterocycles. The minimum absolute atomic E-state index is 0.0999. The number of carbonyl (C=O) groups excluding carboxylic acids is 1. The lowest BCUT2D eigenvalue weighted by Gasteiger charge is -2.08. The molecule has 1 aromatic carbocycles. The number of rotatable bonds is 8. The van der Waals surface area contributed by atoms with Gasteiger partial charge in [-0.1, -0.05) is 36.6 Å². The maximum atomic E-state index is 11.7. The van der Waals surface area contributed by atoms with Gasteiger partial charge in [0, 0.05) is 12.1 Å². The molecule has 0 aliphatic heterocycles. The van der Waals surface area contributed by atoms with Crippen LogP contribution in [-0.2, 0) is 17.9 Å². The molecule has 0 fully saturated rings. The predicted octanol–water partition coefficient (Wildman–Crippen LogP) is 3.20. The Hall–Kier alpha value is -3.75. The molecule has 0 amide bonds. The minimum Gasteiger partial charge on any atom is -0.427 e. The van der Waals surface area contributed by atoms with Crippen LogP contribution < -0.4 is 4.74 Å². The first-order valence-electron chi connectivity index (χ1n) is 7.44. The van der Waals surface area contributed by atoms with Crippen LogP contribution >= 0.6 is 0 Å². The van der Waals surface area contributed by atoms with Crippen molar-refractivity contribution >= 4 is 11.8 Å². The fourth-order valence-corrected chi connectivity index (χ4v) is 1.93. The van der Waals surface area contributed by atoms with Crippen molar-refractivity contribution < 1.29 is 19.2 Å². The first-order chi connectivity index (χ1) is 12.5. The third-order valence-electron chi connectivity index (χ3n) is 3.21. The van der Waals surface area contributed by atoms with Crippen molar-refractivity contribution in [1.82, 2.24) is 15.0 Å². The maximum absolute atomic E-state index is 11.7. The largest absolute Gasteiger partial charge is 0.514 e. The SMILES string of the molecule is C=C/C=C(\C=C)Cn1nncc1COC(=O)Oc1ccc([N+](=O)[O-])cc1. The van der Waals surface area contributed by atoms with Gasteiger partial charge >= 0.3 is 6.16 Å². The Morgan fingerprint density at radius 1 is 1.31 bits per heavy atom. The van der Waals surface area contributed by atoms with E-state index in [2.05, 4.69) is 23.5 Å². The van der Waals surface area contributed by atoms with E-state index in [-0.39, 0.29) is 18.0 Å². The molecule has 9 nitrogen and oxygen atoms in total. The van der Waals surface area contributed by atoms with Crippen LogP contribution in [0.15, 0.2) is 67.4 Å². The van der Waals surface area contributed by atoms with Gasteiger partial charge in [0.2, 0.25) is 0 Å². The zero-order chi connectivity index (χ0) is 18.9. The number of benzene rings is 1. The third kappa shape index (κ3) is 5.13. The number of nitro groups is 1. The highest BCUT2D eigenvalue weighted by Gasteiger charge is 2.12. The number of nitro benzene ring substituents is 1. The average Bonchev–Trinajstić information content (AvgIpc) is 3.07. The van der Waals surface area contributed by atoms with Gasteiger partial charge in [-0.15, -0.1) is 5.10 Å². The summed E-state index contributed by atoms with van der Waals surface area (Å²) < 4.78 is 11.5. The van der Waals surface area contributed by atoms with E-state index in [0.717, 1.165) is 5.57 Å². The standard InChI is InChI=1S/C17H16N4O5/c1-3-5-13(4-2)11-20-15(10-18-19-20)12-25-17(22)26-16-8-6-14(7-9-16)21(23)24/h3-10H,1-2,11-12H2/b13-5+. The summed E-state index contributed by atoms with van der Waals surface area (Å²) in [6, 6.07) is 5.07. The molecule has 2 aromatic rings. The molecule has 0 bridgehead atoms. The molecule has 26 heavy (non-hydrogen) atoms. The number of carbonyl (C=O) groups is 1. The Morgan fingerprint density at radius 3 is 2.65 bits per heavy atom. The summed E-state index contributed by atoms with van der Waals surface area (Å²) in [5, 5.41) is 18.3. The minimum atomic E-state index is -0.947. The van der Waals surface area contributed by atoms with Crippen molar-refractivity contribution in [3.63, 3.8) is 0 Å². The fourth-order valence-electron chi connectivity index (χ4n) is 1.93. The van der Waals surface area contributed by atoms with Gasteiger partial charge in [0.1, 0.15) is 12.4 Å². The van der Waals surface area contributed by atoms with Gasteiger partial charge in [-0.2, -0.15) is 0 Å². The summed E-state index contributed by atoms with van der Waals surface area (Å²) in [5.74, 6) is 0.134. The van der Waals surface area contributed by atoms with Crippen LogP contribution in [0.25, 0.3) is 0 Å². The molecular formula is C17H16N4O5. The van der Waals surface area contributed by atoms with Crippen LogP contribution in [0.2, 0.25) is 0 Å². The maximum Gasteiger partial charge on any atom is 0.514 e. The lowest BCUT2D eigenvalue weighted by Crippen LogP contribution is -2.13. The third-order valence-corrected chi connectivity index (χ3v) is 3.21. The molecule has 0 N–H and O–H groups in total. The van der Waals surface area contributed by atoms with E-state index in [4.69, 9.17) is 9.47 Å². The first-order valence-corrected chi connectivity index (χ1v) is 7.44. The van der Waals surface area contributed by atoms with Crippen LogP contribution in [-0.4, -0.2) is 26.1 Å². The lowest BCUT2D eigenvalue weighted by atomic mass is 10.2. The van der Waals surface area contributed by atoms with E-state index in [1.54, 1.807) is 22.9 Å². The van der Waals surface area contributed by atoms with Crippen molar-refractivity contribution in [3.8, 4) is 5.75 Å². The van der Waals surface area contributed by atoms with Crippen molar-refractivity contribution in [2.75, 3.05) is 0 Å². The van der Waals surface area contributed by atoms with E-state index in [1.807, 2.05) is 0 Å². The average molecular weight is 356 g/mol. The molecule has 0 aliphatic rings. The Balaban J connectivity index is 1.92. The zero-order valence-corrected chi connectivity index (χ0v) is 13.8. The number of aromatic nitrogens is 3. The van der Waals surface area contributed by atoms with Crippen LogP contribution in [0, 0.1) is 10.1 Å². The fraction of sp³-hybridized carbons (Fsp3) is 0.118. The van der Waals surface area contributed by atoms with Crippen molar-refractivity contribution in [2.24, 2.45) is 0 Å². The van der Waals surface area contributed by atoms with Gasteiger partial charge in [0.25, 0.3) is 5.69 Å². The normalized spacial score (nSPS) is 10.8. The Labute approximate surface area is 149 Å². The summed E-state index contributed by atoms with van der Waals surface area (Å²) in [6.45, 7) is 7.62. The van der Waals surface area contributed by atoms with Gasteiger partial charge < -0.3 is 9.47 Å². The van der Waals surface area contributed by atoms with Gasteiger partial charge in [0.05, 0.1) is 23.4 Å². The van der Waals surface area contributed by atoms with Gasteiger partial charge in [-0.3, -0.25) is 10.1 Å². The van der Waals surface area contributed by atoms with E-state index in [1.165, 1.54) is 30.5 Å². The highest BCUT2D eigenvalue weighted by molar-refractivity contribution is 5.64. The van der Waals surface area contributed by atoms with Crippen LogP contribution in [0.3, 0.4) is 0 Å². The Kier molecular flexibility index (Phi) is 6.38. The second kappa shape index (κ2) is 8.92. The highest BCUT2D eigenvalue weighted by atomic mass is 16.7. The van der Waals surface area contributed by atoms with Gasteiger partial charge in [-0.25, -0.2) is 9.48 Å². The molecule has 9 heteroatoms. The van der Waals surface area contributed by atoms with Crippen LogP contribution in [0.4, 0.5) is 10.5 Å². The van der Waals surface area contributed by atoms with E-state index in [9.17, 15) is 14.9 Å². The quantitative estimate of drug-likeness (QED) is 0.235. The molecular weight excluding hydrogens is 340 g/mol. The number of hydrogen-bond donors (Lipinski definition) is 0. The molecule has 0 saturated heterocycles. The summed E-state index contributed by atoms with van der Waals surface area (Å²) in [6.07, 6.45) is 5.59. The molecule has 0 saturated carbocycles. The molecule has 0 radical (unpaired) electrons. The van der Waals surface area contributed by atoms with E-state index >= 15 is 0 Å². The van der Waals surface area contributed by atoms with E-state index in [0.29, 0.717) is 12.2 Å². The molecule has 0 atom stereocenters. The molecule has 0 unspecified atom stereocenters. The van der Waals surface area contributed by atoms with Gasteiger partial charge in [-0.05, 0) is 17.7 Å². The van der Waals surface area contributed by atoms with Crippen LogP contribution in [0.1, 0.15) is 5.69 Å². The van der Waals surface area contributed by atoms with Crippen molar-refractivity contribution in [2.45, 2.75) is 13.2 Å². The number of ether oxygens (including phenoxy) is 2. The lowest BCUT2D eigenvalue weighted by molar-refractivity contribution is -0.384. The number of nitrogens with zero attached hydrogens (tertiary/aromatic N) is 4. The Morgan fingerprint density at radius 2 is 2.04 bits per heavy atom. The molecule has 0 aliphatic carbocycles. The smallest absolute Gasteiger partial charge is 0.427 e. The van der Waals surface area contributed by atoms with Crippen molar-refractivity contribution in [3.05, 3.63) is 83.2 Å². The second-order valence-corrected chi connectivity index (χ2v) is 4.96. The van der Waals surface area contributed by atoms with Crippen molar-refractivity contribution in [1.29, 1.82) is 0 Å². The predicted molar refractivity (Wildman–Crippen MR) is 92.4 cm³/mol. The van der Waals surface area contributed by atoms with E-state index < -0.39 is 11.1 Å². The summed E-state index contributed by atoms with van der Waals surface area (Å²) in [4.78, 5) is 21.8. The second-order valence-electron chi connectivity index (χ2n) is 4.96.